The Morgan fingerprint density at radius 2 is 1.88 bits per heavy atom. The van der Waals surface area contributed by atoms with Crippen molar-refractivity contribution >= 4 is 33.5 Å². The molecule has 34 heavy (non-hydrogen) atoms. The van der Waals surface area contributed by atoms with Gasteiger partial charge in [0.25, 0.3) is 5.91 Å². The van der Waals surface area contributed by atoms with Crippen LogP contribution in [0.25, 0.3) is 0 Å². The highest BCUT2D eigenvalue weighted by molar-refractivity contribution is 9.10. The first-order valence-electron chi connectivity index (χ1n) is 10.9. The number of carbonyl (C=O) groups excluding carboxylic acids is 1. The van der Waals surface area contributed by atoms with Gasteiger partial charge in [0.15, 0.2) is 6.61 Å². The molecule has 1 saturated heterocycles. The maximum atomic E-state index is 13.2. The molecular formula is C25H27BrFN3O4. The fraction of sp³-hybridized carbons (Fsp3) is 0.400. The summed E-state index contributed by atoms with van der Waals surface area (Å²) in [6.45, 7) is 0.614. The third-order valence-electron chi connectivity index (χ3n) is 6.07. The lowest BCUT2D eigenvalue weighted by Crippen LogP contribution is -2.45. The lowest BCUT2D eigenvalue weighted by molar-refractivity contribution is -0.136. The number of anilines is 1. The summed E-state index contributed by atoms with van der Waals surface area (Å²) in [5.74, 6) is -1.18. The number of rotatable bonds is 8. The van der Waals surface area contributed by atoms with Gasteiger partial charge in [0.1, 0.15) is 11.6 Å². The van der Waals surface area contributed by atoms with Crippen LogP contribution in [0.4, 0.5) is 10.1 Å². The first-order valence-corrected chi connectivity index (χ1v) is 11.7. The van der Waals surface area contributed by atoms with Crippen LogP contribution in [0.15, 0.2) is 40.9 Å². The van der Waals surface area contributed by atoms with Crippen LogP contribution >= 0.6 is 15.9 Å². The average molecular weight is 532 g/mol. The summed E-state index contributed by atoms with van der Waals surface area (Å²) < 4.78 is 19.7. The highest BCUT2D eigenvalue weighted by atomic mass is 79.9. The minimum atomic E-state index is -0.995. The van der Waals surface area contributed by atoms with E-state index in [-0.39, 0.29) is 24.8 Å². The molecule has 0 unspecified atom stereocenters. The number of aliphatic carboxylic acids is 1. The molecular weight excluding hydrogens is 505 g/mol. The van der Waals surface area contributed by atoms with Crippen molar-refractivity contribution in [1.82, 2.24) is 4.90 Å². The third-order valence-corrected chi connectivity index (χ3v) is 6.71. The molecule has 1 amide bonds. The van der Waals surface area contributed by atoms with Crippen molar-refractivity contribution in [2.75, 3.05) is 38.7 Å². The zero-order valence-electron chi connectivity index (χ0n) is 19.2. The number of carboxylic acids is 1. The maximum Gasteiger partial charge on any atom is 0.307 e. The highest BCUT2D eigenvalue weighted by Crippen LogP contribution is 2.35. The third kappa shape index (κ3) is 6.26. The van der Waals surface area contributed by atoms with Gasteiger partial charge in [-0.3, -0.25) is 9.59 Å². The molecule has 0 aromatic heterocycles. The number of likely N-dealkylation sites (tertiary alicyclic amines) is 1. The first kappa shape index (κ1) is 25.5. The summed E-state index contributed by atoms with van der Waals surface area (Å²) in [7, 11) is 3.71. The van der Waals surface area contributed by atoms with Gasteiger partial charge < -0.3 is 19.6 Å². The van der Waals surface area contributed by atoms with Gasteiger partial charge in [-0.1, -0.05) is 12.1 Å². The molecule has 0 radical (unpaired) electrons. The number of ether oxygens (including phenoxy) is 1. The smallest absolute Gasteiger partial charge is 0.307 e. The van der Waals surface area contributed by atoms with E-state index in [4.69, 9.17) is 4.74 Å². The zero-order valence-corrected chi connectivity index (χ0v) is 20.8. The molecule has 2 aromatic carbocycles. The molecule has 180 valence electrons. The largest absolute Gasteiger partial charge is 0.483 e. The number of halogens is 2. The monoisotopic (exact) mass is 531 g/mol. The van der Waals surface area contributed by atoms with E-state index in [1.54, 1.807) is 29.2 Å². The van der Waals surface area contributed by atoms with Crippen molar-refractivity contribution in [3.8, 4) is 11.8 Å². The Morgan fingerprint density at radius 3 is 2.44 bits per heavy atom. The maximum absolute atomic E-state index is 13.2. The fourth-order valence-corrected chi connectivity index (χ4v) is 4.84. The zero-order chi connectivity index (χ0) is 24.9. The highest BCUT2D eigenvalue weighted by Gasteiger charge is 2.36. The predicted molar refractivity (Wildman–Crippen MR) is 129 cm³/mol. The van der Waals surface area contributed by atoms with E-state index in [0.29, 0.717) is 43.7 Å². The first-order chi connectivity index (χ1) is 16.1. The quantitative estimate of drug-likeness (QED) is 0.552. The van der Waals surface area contributed by atoms with Crippen molar-refractivity contribution in [3.63, 3.8) is 0 Å². The lowest BCUT2D eigenvalue weighted by Gasteiger charge is -2.37. The van der Waals surface area contributed by atoms with Gasteiger partial charge in [-0.15, -0.1) is 0 Å². The van der Waals surface area contributed by atoms with E-state index in [0.717, 1.165) is 15.7 Å². The van der Waals surface area contributed by atoms with Crippen LogP contribution in [-0.2, 0) is 22.4 Å². The van der Waals surface area contributed by atoms with Gasteiger partial charge in [0.2, 0.25) is 0 Å². The van der Waals surface area contributed by atoms with Crippen LogP contribution in [0, 0.1) is 22.6 Å². The minimum absolute atomic E-state index is 0.219. The molecule has 3 rings (SSSR count). The Bertz CT molecular complexity index is 1090. The number of hydrogen-bond donors (Lipinski definition) is 1. The van der Waals surface area contributed by atoms with Gasteiger partial charge in [-0.05, 0) is 59.0 Å². The van der Waals surface area contributed by atoms with Crippen molar-refractivity contribution in [2.45, 2.75) is 25.7 Å². The minimum Gasteiger partial charge on any atom is -0.483 e. The van der Waals surface area contributed by atoms with Gasteiger partial charge in [0.05, 0.1) is 23.6 Å². The van der Waals surface area contributed by atoms with Crippen LogP contribution in [0.3, 0.4) is 0 Å². The van der Waals surface area contributed by atoms with Gasteiger partial charge >= 0.3 is 5.97 Å². The topological polar surface area (TPSA) is 93.9 Å². The van der Waals surface area contributed by atoms with E-state index >= 15 is 0 Å². The second-order valence-corrected chi connectivity index (χ2v) is 9.60. The van der Waals surface area contributed by atoms with E-state index in [1.807, 2.05) is 19.0 Å². The summed E-state index contributed by atoms with van der Waals surface area (Å²) in [5, 5.41) is 19.1. The molecule has 1 aliphatic heterocycles. The number of piperidine rings is 1. The van der Waals surface area contributed by atoms with E-state index < -0.39 is 11.4 Å². The number of benzene rings is 2. The van der Waals surface area contributed by atoms with Gasteiger partial charge in [-0.25, -0.2) is 4.39 Å². The molecule has 0 atom stereocenters. The van der Waals surface area contributed by atoms with Crippen LogP contribution in [-0.4, -0.2) is 55.7 Å². The molecule has 1 aliphatic rings. The Kier molecular flexibility index (Phi) is 8.15. The van der Waals surface area contributed by atoms with E-state index in [9.17, 15) is 24.3 Å². The van der Waals surface area contributed by atoms with E-state index in [2.05, 4.69) is 22.0 Å². The molecule has 0 saturated carbocycles. The Balaban J connectivity index is 1.64. The Hall–Kier alpha value is -3.12. The number of carbonyl (C=O) groups is 2. The molecule has 1 N–H and O–H groups in total. The molecule has 0 bridgehead atoms. The fourth-order valence-electron chi connectivity index (χ4n) is 4.10. The number of nitrogens with zero attached hydrogens (tertiary/aromatic N) is 3. The van der Waals surface area contributed by atoms with Crippen molar-refractivity contribution in [1.29, 1.82) is 5.26 Å². The normalized spacial score (nSPS) is 14.9. The van der Waals surface area contributed by atoms with Crippen LogP contribution in [0.2, 0.25) is 0 Å². The number of amides is 1. The van der Waals surface area contributed by atoms with Crippen molar-refractivity contribution < 1.29 is 23.8 Å². The van der Waals surface area contributed by atoms with Crippen molar-refractivity contribution in [2.24, 2.45) is 5.41 Å². The molecule has 1 fully saturated rings. The molecule has 2 aromatic rings. The Labute approximate surface area is 206 Å². The molecule has 0 aliphatic carbocycles. The molecule has 7 nitrogen and oxygen atoms in total. The van der Waals surface area contributed by atoms with Crippen molar-refractivity contribution in [3.05, 3.63) is 57.8 Å². The second-order valence-electron chi connectivity index (χ2n) is 8.74. The summed E-state index contributed by atoms with van der Waals surface area (Å²) in [5.41, 5.74) is 1.56. The van der Waals surface area contributed by atoms with Crippen LogP contribution < -0.4 is 9.64 Å². The molecule has 0 spiro atoms. The predicted octanol–water partition coefficient (Wildman–Crippen LogP) is 4.04. The summed E-state index contributed by atoms with van der Waals surface area (Å²) >= 11 is 3.45. The molecule has 1 heterocycles. The SMILES string of the molecule is CN(C)c1cc(OCC(=O)N2CCC(C#N)(Cc3ccc(F)cc3)CC2)c(CC(=O)O)cc1Br. The number of carboxylic acid groups (broad SMARTS) is 1. The lowest BCUT2D eigenvalue weighted by atomic mass is 9.75. The summed E-state index contributed by atoms with van der Waals surface area (Å²) in [4.78, 5) is 27.6. The van der Waals surface area contributed by atoms with Crippen LogP contribution in [0.5, 0.6) is 5.75 Å². The van der Waals surface area contributed by atoms with Crippen LogP contribution in [0.1, 0.15) is 24.0 Å². The average Bonchev–Trinajstić information content (AvgIpc) is 2.79. The number of hydrogen-bond acceptors (Lipinski definition) is 5. The van der Waals surface area contributed by atoms with Gasteiger partial charge in [0, 0.05) is 43.3 Å². The number of nitriles is 1. The summed E-state index contributed by atoms with van der Waals surface area (Å²) in [6, 6.07) is 12.0. The van der Waals surface area contributed by atoms with E-state index in [1.165, 1.54) is 12.1 Å². The second kappa shape index (κ2) is 10.9. The standard InChI is InChI=1S/C25H27BrFN3O4/c1-29(2)21-13-22(18(11-20(21)26)12-24(32)33)34-15-23(31)30-9-7-25(16-28,8-10-30)14-17-3-5-19(27)6-4-17/h3-6,11,13H,7-10,12,14-15H2,1-2H3,(H,32,33). The van der Waals surface area contributed by atoms with Gasteiger partial charge in [-0.2, -0.15) is 5.26 Å². The molecule has 9 heteroatoms. The summed E-state index contributed by atoms with van der Waals surface area (Å²) in [6.07, 6.45) is 1.31. The Morgan fingerprint density at radius 1 is 1.24 bits per heavy atom.